The van der Waals surface area contributed by atoms with E-state index in [4.69, 9.17) is 4.74 Å². The van der Waals surface area contributed by atoms with Crippen molar-refractivity contribution in [1.82, 2.24) is 0 Å². The van der Waals surface area contributed by atoms with Gasteiger partial charge in [0.25, 0.3) is 0 Å². The normalized spacial score (nSPS) is 11.8. The molecule has 200 valence electrons. The van der Waals surface area contributed by atoms with Gasteiger partial charge >= 0.3 is 5.97 Å². The molecule has 1 atom stereocenters. The molecule has 0 N–H and O–H groups in total. The number of aryl methyl sites for hydroxylation is 1. The minimum Gasteiger partial charge on any atom is -0.466 e. The van der Waals surface area contributed by atoms with Gasteiger partial charge in [-0.05, 0) is 72.8 Å². The Morgan fingerprint density at radius 2 is 1.25 bits per heavy atom. The fraction of sp³-hybridized carbons (Fsp3) is 0.162. The maximum Gasteiger partial charge on any atom is 0.309 e. The Labute approximate surface area is 239 Å². The molecule has 5 aromatic rings. The molecule has 0 aliphatic heterocycles. The zero-order valence-corrected chi connectivity index (χ0v) is 24.1. The van der Waals surface area contributed by atoms with Gasteiger partial charge in [0.05, 0.1) is 12.5 Å². The molecule has 0 spiro atoms. The maximum absolute atomic E-state index is 13.2. The standard InChI is InChI=1S/C37H35O2P/c1-3-39-37(38)31(26-29-15-7-4-8-16-29)27-30-17-13-14-22-34(30)35-24-23-28(2)25-36(35)40(32-18-9-5-10-19-32)33-20-11-6-12-21-33/h4-25,31H,3,26-27H2,1-2H3. The number of carbonyl (C=O) groups excluding carboxylic acids is 1. The molecule has 0 heterocycles. The van der Waals surface area contributed by atoms with Crippen molar-refractivity contribution in [1.29, 1.82) is 0 Å². The fourth-order valence-corrected chi connectivity index (χ4v) is 7.82. The van der Waals surface area contributed by atoms with Crippen molar-refractivity contribution in [3.63, 3.8) is 0 Å². The maximum atomic E-state index is 13.2. The van der Waals surface area contributed by atoms with Gasteiger partial charge < -0.3 is 4.74 Å². The fourth-order valence-electron chi connectivity index (χ4n) is 5.26. The van der Waals surface area contributed by atoms with Gasteiger partial charge in [-0.2, -0.15) is 0 Å². The molecule has 0 aliphatic rings. The zero-order valence-electron chi connectivity index (χ0n) is 23.2. The van der Waals surface area contributed by atoms with Crippen LogP contribution in [-0.4, -0.2) is 12.6 Å². The van der Waals surface area contributed by atoms with Gasteiger partial charge in [-0.1, -0.05) is 139 Å². The largest absolute Gasteiger partial charge is 0.466 e. The first-order valence-corrected chi connectivity index (χ1v) is 15.3. The van der Waals surface area contributed by atoms with E-state index in [0.717, 1.165) is 11.1 Å². The summed E-state index contributed by atoms with van der Waals surface area (Å²) in [5, 5.41) is 3.97. The van der Waals surface area contributed by atoms with Gasteiger partial charge in [0.2, 0.25) is 0 Å². The van der Waals surface area contributed by atoms with E-state index in [1.165, 1.54) is 32.6 Å². The minimum absolute atomic E-state index is 0.138. The number of ether oxygens (including phenoxy) is 1. The molecule has 0 radical (unpaired) electrons. The molecule has 0 amide bonds. The summed E-state index contributed by atoms with van der Waals surface area (Å²) in [7, 11) is -0.789. The Balaban J connectivity index is 1.61. The number of rotatable bonds is 10. The molecular weight excluding hydrogens is 507 g/mol. The number of esters is 1. The molecule has 0 bridgehead atoms. The molecule has 5 rings (SSSR count). The predicted octanol–water partition coefficient (Wildman–Crippen LogP) is 7.38. The van der Waals surface area contributed by atoms with Crippen molar-refractivity contribution >= 4 is 29.8 Å². The van der Waals surface area contributed by atoms with Crippen molar-refractivity contribution in [2.45, 2.75) is 26.7 Å². The summed E-state index contributed by atoms with van der Waals surface area (Å²) in [6.45, 7) is 4.42. The van der Waals surface area contributed by atoms with Crippen LogP contribution in [0.3, 0.4) is 0 Å². The Morgan fingerprint density at radius 1 is 0.675 bits per heavy atom. The highest BCUT2D eigenvalue weighted by atomic mass is 31.1. The van der Waals surface area contributed by atoms with E-state index in [1.807, 2.05) is 25.1 Å². The van der Waals surface area contributed by atoms with E-state index in [2.05, 4.69) is 122 Å². The van der Waals surface area contributed by atoms with Crippen molar-refractivity contribution < 1.29 is 9.53 Å². The summed E-state index contributed by atoms with van der Waals surface area (Å²) >= 11 is 0. The molecule has 5 aromatic carbocycles. The summed E-state index contributed by atoms with van der Waals surface area (Å²) in [6, 6.07) is 47.3. The molecule has 0 saturated heterocycles. The molecular formula is C37H35O2P. The highest BCUT2D eigenvalue weighted by molar-refractivity contribution is 7.80. The van der Waals surface area contributed by atoms with Crippen LogP contribution in [0.2, 0.25) is 0 Å². The van der Waals surface area contributed by atoms with Crippen LogP contribution in [0.15, 0.2) is 133 Å². The lowest BCUT2D eigenvalue weighted by Crippen LogP contribution is -2.24. The van der Waals surface area contributed by atoms with E-state index in [-0.39, 0.29) is 11.9 Å². The van der Waals surface area contributed by atoms with Gasteiger partial charge in [-0.25, -0.2) is 0 Å². The van der Waals surface area contributed by atoms with Crippen LogP contribution in [-0.2, 0) is 22.4 Å². The monoisotopic (exact) mass is 542 g/mol. The van der Waals surface area contributed by atoms with E-state index in [1.54, 1.807) is 0 Å². The zero-order chi connectivity index (χ0) is 27.7. The number of benzene rings is 5. The summed E-state index contributed by atoms with van der Waals surface area (Å²) in [5.74, 6) is -0.400. The smallest absolute Gasteiger partial charge is 0.309 e. The number of hydrogen-bond acceptors (Lipinski definition) is 2. The second-order valence-corrected chi connectivity index (χ2v) is 12.2. The van der Waals surface area contributed by atoms with Gasteiger partial charge in [0, 0.05) is 0 Å². The first kappa shape index (κ1) is 27.6. The molecule has 1 unspecified atom stereocenters. The summed E-state index contributed by atoms with van der Waals surface area (Å²) in [5.41, 5.74) is 5.95. The Kier molecular flexibility index (Phi) is 9.22. The SMILES string of the molecule is CCOC(=O)C(Cc1ccccc1)Cc1ccccc1-c1ccc(C)cc1P(c1ccccc1)c1ccccc1. The molecule has 0 aliphatic carbocycles. The third-order valence-corrected chi connectivity index (χ3v) is 9.62. The number of hydrogen-bond donors (Lipinski definition) is 0. The van der Waals surface area contributed by atoms with Gasteiger partial charge in [-0.15, -0.1) is 0 Å². The second-order valence-electron chi connectivity index (χ2n) is 10.0. The molecule has 2 nitrogen and oxygen atoms in total. The molecule has 0 saturated carbocycles. The average molecular weight is 543 g/mol. The molecule has 0 aromatic heterocycles. The summed E-state index contributed by atoms with van der Waals surface area (Å²) in [6.07, 6.45) is 1.27. The van der Waals surface area contributed by atoms with Crippen LogP contribution in [0.5, 0.6) is 0 Å². The van der Waals surface area contributed by atoms with Gasteiger partial charge in [0.15, 0.2) is 0 Å². The van der Waals surface area contributed by atoms with Crippen LogP contribution in [0.1, 0.15) is 23.6 Å². The highest BCUT2D eigenvalue weighted by Crippen LogP contribution is 2.38. The van der Waals surface area contributed by atoms with Crippen molar-refractivity contribution in [2.24, 2.45) is 5.92 Å². The Hall–Kier alpha value is -4.00. The van der Waals surface area contributed by atoms with E-state index >= 15 is 0 Å². The molecule has 40 heavy (non-hydrogen) atoms. The summed E-state index contributed by atoms with van der Waals surface area (Å²) < 4.78 is 5.55. The van der Waals surface area contributed by atoms with Gasteiger partial charge in [0.1, 0.15) is 0 Å². The van der Waals surface area contributed by atoms with Crippen LogP contribution < -0.4 is 15.9 Å². The minimum atomic E-state index is -0.789. The summed E-state index contributed by atoms with van der Waals surface area (Å²) in [4.78, 5) is 13.2. The highest BCUT2D eigenvalue weighted by Gasteiger charge is 2.25. The Morgan fingerprint density at radius 3 is 1.88 bits per heavy atom. The first-order chi connectivity index (χ1) is 19.6. The van der Waals surface area contributed by atoms with Gasteiger partial charge in [-0.3, -0.25) is 4.79 Å². The topological polar surface area (TPSA) is 26.3 Å². The third-order valence-electron chi connectivity index (χ3n) is 7.14. The van der Waals surface area contributed by atoms with Crippen LogP contribution in [0.4, 0.5) is 0 Å². The second kappa shape index (κ2) is 13.4. The average Bonchev–Trinajstić information content (AvgIpc) is 2.99. The van der Waals surface area contributed by atoms with E-state index in [0.29, 0.717) is 19.4 Å². The van der Waals surface area contributed by atoms with Crippen molar-refractivity contribution in [3.8, 4) is 11.1 Å². The van der Waals surface area contributed by atoms with Crippen molar-refractivity contribution in [2.75, 3.05) is 6.61 Å². The Bertz CT molecular complexity index is 1490. The lowest BCUT2D eigenvalue weighted by atomic mass is 9.88. The predicted molar refractivity (Wildman–Crippen MR) is 169 cm³/mol. The van der Waals surface area contributed by atoms with Crippen LogP contribution in [0.25, 0.3) is 11.1 Å². The third kappa shape index (κ3) is 6.58. The molecule has 0 fully saturated rings. The van der Waals surface area contributed by atoms with E-state index < -0.39 is 7.92 Å². The van der Waals surface area contributed by atoms with E-state index in [9.17, 15) is 4.79 Å². The first-order valence-electron chi connectivity index (χ1n) is 13.9. The number of carbonyl (C=O) groups is 1. The van der Waals surface area contributed by atoms with Crippen LogP contribution in [0, 0.1) is 12.8 Å². The van der Waals surface area contributed by atoms with Crippen molar-refractivity contribution in [3.05, 3.63) is 150 Å². The quantitative estimate of drug-likeness (QED) is 0.136. The lowest BCUT2D eigenvalue weighted by Gasteiger charge is -2.25. The molecule has 3 heteroatoms. The lowest BCUT2D eigenvalue weighted by molar-refractivity contribution is -0.147. The van der Waals surface area contributed by atoms with Crippen LogP contribution >= 0.6 is 7.92 Å².